The number of amides is 1. The van der Waals surface area contributed by atoms with Gasteiger partial charge in [0.2, 0.25) is 5.91 Å². The quantitative estimate of drug-likeness (QED) is 0.862. The van der Waals surface area contributed by atoms with Crippen molar-refractivity contribution in [2.75, 3.05) is 45.6 Å². The van der Waals surface area contributed by atoms with Gasteiger partial charge in [-0.2, -0.15) is 0 Å². The molecule has 1 amide bonds. The topological polar surface area (TPSA) is 48.5 Å². The second-order valence-electron chi connectivity index (χ2n) is 6.84. The predicted octanol–water partition coefficient (Wildman–Crippen LogP) is 3.02. The maximum atomic E-state index is 12.6. The zero-order valence-corrected chi connectivity index (χ0v) is 15.8. The van der Waals surface area contributed by atoms with Crippen LogP contribution in [0.25, 0.3) is 11.3 Å². The summed E-state index contributed by atoms with van der Waals surface area (Å²) in [6.07, 6.45) is 2.04. The van der Waals surface area contributed by atoms with Crippen molar-refractivity contribution in [3.8, 4) is 11.3 Å². The third-order valence-electron chi connectivity index (χ3n) is 4.54. The minimum absolute atomic E-state index is 0.0555. The molecular formula is C19H26N4OS. The van der Waals surface area contributed by atoms with Gasteiger partial charge in [-0.05, 0) is 33.5 Å². The zero-order valence-electron chi connectivity index (χ0n) is 14.9. The van der Waals surface area contributed by atoms with Crippen LogP contribution >= 0.6 is 11.3 Å². The van der Waals surface area contributed by atoms with Crippen molar-refractivity contribution < 1.29 is 4.79 Å². The van der Waals surface area contributed by atoms with E-state index >= 15 is 0 Å². The van der Waals surface area contributed by atoms with Gasteiger partial charge in [0, 0.05) is 30.6 Å². The maximum absolute atomic E-state index is 12.6. The number of nitrogens with one attached hydrogen (secondary N) is 1. The Kier molecular flexibility index (Phi) is 6.18. The second kappa shape index (κ2) is 8.56. The summed E-state index contributed by atoms with van der Waals surface area (Å²) < 4.78 is 0. The molecule has 1 aromatic heterocycles. The highest BCUT2D eigenvalue weighted by Gasteiger charge is 2.26. The molecule has 25 heavy (non-hydrogen) atoms. The Balaban J connectivity index is 1.56. The van der Waals surface area contributed by atoms with E-state index in [0.29, 0.717) is 5.13 Å². The molecule has 0 spiro atoms. The highest BCUT2D eigenvalue weighted by molar-refractivity contribution is 7.14. The average molecular weight is 359 g/mol. The van der Waals surface area contributed by atoms with Crippen LogP contribution in [0.15, 0.2) is 35.7 Å². The first-order chi connectivity index (χ1) is 12.1. The lowest BCUT2D eigenvalue weighted by atomic mass is 9.97. The molecule has 0 bridgehead atoms. The highest BCUT2D eigenvalue weighted by atomic mass is 32.1. The molecule has 0 radical (unpaired) electrons. The van der Waals surface area contributed by atoms with Crippen molar-refractivity contribution in [1.82, 2.24) is 14.8 Å². The lowest BCUT2D eigenvalue weighted by molar-refractivity contribution is -0.121. The van der Waals surface area contributed by atoms with Crippen LogP contribution in [-0.4, -0.2) is 61.0 Å². The molecule has 1 unspecified atom stereocenters. The molecule has 134 valence electrons. The summed E-state index contributed by atoms with van der Waals surface area (Å²) in [5.74, 6) is 0.156. The van der Waals surface area contributed by atoms with Gasteiger partial charge in [0.1, 0.15) is 0 Å². The standard InChI is InChI=1S/C19H26N4OS/c1-22(2)11-12-23-10-6-9-16(13-23)18(24)21-19-20-17(14-25-19)15-7-4-3-5-8-15/h3-5,7-8,14,16H,6,9-13H2,1-2H3,(H,20,21,24). The number of thiazole rings is 1. The molecule has 2 heterocycles. The molecule has 1 atom stereocenters. The Bertz CT molecular complexity index is 686. The first kappa shape index (κ1) is 18.0. The van der Waals surface area contributed by atoms with Crippen molar-refractivity contribution in [1.29, 1.82) is 0 Å². The van der Waals surface area contributed by atoms with Crippen molar-refractivity contribution >= 4 is 22.4 Å². The van der Waals surface area contributed by atoms with E-state index in [0.717, 1.165) is 50.3 Å². The number of hydrogen-bond acceptors (Lipinski definition) is 5. The lowest BCUT2D eigenvalue weighted by Crippen LogP contribution is -2.43. The molecule has 1 aliphatic heterocycles. The smallest absolute Gasteiger partial charge is 0.230 e. The molecule has 0 aliphatic carbocycles. The normalized spacial score (nSPS) is 18.4. The third kappa shape index (κ3) is 5.11. The van der Waals surface area contributed by atoms with E-state index in [1.165, 1.54) is 11.3 Å². The number of nitrogens with zero attached hydrogens (tertiary/aromatic N) is 3. The van der Waals surface area contributed by atoms with E-state index in [2.05, 4.69) is 34.2 Å². The van der Waals surface area contributed by atoms with Crippen molar-refractivity contribution in [3.05, 3.63) is 35.7 Å². The van der Waals surface area contributed by atoms with Gasteiger partial charge in [-0.25, -0.2) is 4.98 Å². The van der Waals surface area contributed by atoms with Gasteiger partial charge < -0.3 is 15.1 Å². The van der Waals surface area contributed by atoms with E-state index in [4.69, 9.17) is 0 Å². The van der Waals surface area contributed by atoms with E-state index in [1.807, 2.05) is 35.7 Å². The molecule has 1 fully saturated rings. The number of likely N-dealkylation sites (N-methyl/N-ethyl adjacent to an activating group) is 1. The van der Waals surface area contributed by atoms with Gasteiger partial charge in [0.05, 0.1) is 11.6 Å². The van der Waals surface area contributed by atoms with Gasteiger partial charge in [-0.3, -0.25) is 4.79 Å². The van der Waals surface area contributed by atoms with Crippen LogP contribution < -0.4 is 5.32 Å². The maximum Gasteiger partial charge on any atom is 0.230 e. The Morgan fingerprint density at radius 3 is 2.92 bits per heavy atom. The van der Waals surface area contributed by atoms with Gasteiger partial charge in [-0.15, -0.1) is 11.3 Å². The summed E-state index contributed by atoms with van der Waals surface area (Å²) in [5, 5.41) is 5.70. The summed E-state index contributed by atoms with van der Waals surface area (Å²) in [4.78, 5) is 21.8. The van der Waals surface area contributed by atoms with E-state index in [-0.39, 0.29) is 11.8 Å². The summed E-state index contributed by atoms with van der Waals surface area (Å²) in [7, 11) is 4.17. The fourth-order valence-electron chi connectivity index (χ4n) is 3.09. The van der Waals surface area contributed by atoms with Gasteiger partial charge in [0.15, 0.2) is 5.13 Å². The molecule has 6 heteroatoms. The first-order valence-corrected chi connectivity index (χ1v) is 9.68. The molecule has 1 aromatic carbocycles. The van der Waals surface area contributed by atoms with E-state index < -0.39 is 0 Å². The SMILES string of the molecule is CN(C)CCN1CCCC(C(=O)Nc2nc(-c3ccccc3)cs2)C1. The number of hydrogen-bond donors (Lipinski definition) is 1. The molecular weight excluding hydrogens is 332 g/mol. The Morgan fingerprint density at radius 1 is 1.36 bits per heavy atom. The minimum atomic E-state index is 0.0555. The second-order valence-corrected chi connectivity index (χ2v) is 7.69. The highest BCUT2D eigenvalue weighted by Crippen LogP contribution is 2.26. The van der Waals surface area contributed by atoms with Gasteiger partial charge in [0.25, 0.3) is 0 Å². The Labute approximate surface area is 153 Å². The first-order valence-electron chi connectivity index (χ1n) is 8.81. The zero-order chi connectivity index (χ0) is 17.6. The van der Waals surface area contributed by atoms with Crippen LogP contribution in [-0.2, 0) is 4.79 Å². The molecule has 1 N–H and O–H groups in total. The number of benzene rings is 1. The molecule has 2 aromatic rings. The van der Waals surface area contributed by atoms with E-state index in [9.17, 15) is 4.79 Å². The monoisotopic (exact) mass is 358 g/mol. The number of rotatable bonds is 6. The number of carbonyl (C=O) groups is 1. The molecule has 0 saturated carbocycles. The number of carbonyl (C=O) groups excluding carboxylic acids is 1. The van der Waals surface area contributed by atoms with Crippen LogP contribution in [0, 0.1) is 5.92 Å². The number of piperidine rings is 1. The molecule has 5 nitrogen and oxygen atoms in total. The number of anilines is 1. The fraction of sp³-hybridized carbons (Fsp3) is 0.474. The predicted molar refractivity (Wildman–Crippen MR) is 104 cm³/mol. The molecule has 3 rings (SSSR count). The number of aromatic nitrogens is 1. The van der Waals surface area contributed by atoms with Crippen LogP contribution in [0.3, 0.4) is 0 Å². The summed E-state index contributed by atoms with van der Waals surface area (Å²) >= 11 is 1.49. The third-order valence-corrected chi connectivity index (χ3v) is 5.30. The Morgan fingerprint density at radius 2 is 2.16 bits per heavy atom. The van der Waals surface area contributed by atoms with Crippen molar-refractivity contribution in [2.45, 2.75) is 12.8 Å². The fourth-order valence-corrected chi connectivity index (χ4v) is 3.82. The molecule has 1 aliphatic rings. The minimum Gasteiger partial charge on any atom is -0.308 e. The van der Waals surface area contributed by atoms with Crippen molar-refractivity contribution in [3.63, 3.8) is 0 Å². The average Bonchev–Trinajstić information content (AvgIpc) is 3.09. The summed E-state index contributed by atoms with van der Waals surface area (Å²) in [5.41, 5.74) is 1.99. The van der Waals surface area contributed by atoms with Crippen molar-refractivity contribution in [2.24, 2.45) is 5.92 Å². The van der Waals surface area contributed by atoms with Crippen LogP contribution in [0.5, 0.6) is 0 Å². The largest absolute Gasteiger partial charge is 0.308 e. The summed E-state index contributed by atoms with van der Waals surface area (Å²) in [6, 6.07) is 10.0. The van der Waals surface area contributed by atoms with Crippen LogP contribution in [0.4, 0.5) is 5.13 Å². The Hall–Kier alpha value is -1.76. The molecule has 1 saturated heterocycles. The lowest BCUT2D eigenvalue weighted by Gasteiger charge is -2.32. The summed E-state index contributed by atoms with van der Waals surface area (Å²) in [6.45, 7) is 3.98. The van der Waals surface area contributed by atoms with Gasteiger partial charge >= 0.3 is 0 Å². The van der Waals surface area contributed by atoms with Gasteiger partial charge in [-0.1, -0.05) is 30.3 Å². The van der Waals surface area contributed by atoms with Crippen LogP contribution in [0.2, 0.25) is 0 Å². The van der Waals surface area contributed by atoms with E-state index in [1.54, 1.807) is 0 Å². The number of likely N-dealkylation sites (tertiary alicyclic amines) is 1. The van der Waals surface area contributed by atoms with Crippen LogP contribution in [0.1, 0.15) is 12.8 Å².